The zero-order chi connectivity index (χ0) is 32.3. The minimum Gasteiger partial charge on any atom is -0.493 e. The first kappa shape index (κ1) is 33.4. The standard InChI is InChI=1S/C30H40N6O6.CH2O2/c1-34-24-8-7-22-18-23(24)28(33-34)29(39)31-11-4-13-35(30(40)21-6-9-25-20(17-21)10-15-42-25)12-3-5-27(38)36(14-16-41-2)19-26(37)32-22;2-1-3/h6,9,17,22H,3-5,7-8,10-16,18-19H2,1-2H3,(H,31,39)(H,32,37);1H,(H,2,3). The van der Waals surface area contributed by atoms with Crippen molar-refractivity contribution < 1.29 is 38.6 Å². The first-order chi connectivity index (χ1) is 21.7. The maximum atomic E-state index is 13.6. The number of carbonyl (C=O) groups is 5. The first-order valence-electron chi connectivity index (χ1n) is 15.3. The summed E-state index contributed by atoms with van der Waals surface area (Å²) in [5.74, 6) is 0.0216. The van der Waals surface area contributed by atoms with Crippen molar-refractivity contribution in [3.63, 3.8) is 0 Å². The molecule has 0 spiro atoms. The van der Waals surface area contributed by atoms with Crippen LogP contribution in [-0.2, 0) is 45.4 Å². The molecule has 3 N–H and O–H groups in total. The molecule has 45 heavy (non-hydrogen) atoms. The van der Waals surface area contributed by atoms with E-state index in [1.807, 2.05) is 19.2 Å². The second-order valence-corrected chi connectivity index (χ2v) is 11.2. The zero-order valence-electron chi connectivity index (χ0n) is 25.9. The first-order valence-corrected chi connectivity index (χ1v) is 15.3. The summed E-state index contributed by atoms with van der Waals surface area (Å²) in [5.41, 5.74) is 3.80. The average molecular weight is 627 g/mol. The summed E-state index contributed by atoms with van der Waals surface area (Å²) in [6.07, 6.45) is 3.87. The zero-order valence-corrected chi connectivity index (χ0v) is 25.9. The molecule has 244 valence electrons. The van der Waals surface area contributed by atoms with Gasteiger partial charge in [0.1, 0.15) is 5.75 Å². The Balaban J connectivity index is 0.00000148. The molecular weight excluding hydrogens is 584 g/mol. The van der Waals surface area contributed by atoms with E-state index in [1.54, 1.807) is 22.8 Å². The molecule has 1 aromatic heterocycles. The van der Waals surface area contributed by atoms with Gasteiger partial charge >= 0.3 is 0 Å². The van der Waals surface area contributed by atoms with E-state index in [1.165, 1.54) is 4.90 Å². The van der Waals surface area contributed by atoms with Gasteiger partial charge in [-0.3, -0.25) is 28.7 Å². The average Bonchev–Trinajstić information content (AvgIpc) is 3.63. The van der Waals surface area contributed by atoms with Gasteiger partial charge in [-0.2, -0.15) is 5.10 Å². The maximum absolute atomic E-state index is 13.6. The Morgan fingerprint density at radius 3 is 2.73 bits per heavy atom. The summed E-state index contributed by atoms with van der Waals surface area (Å²) in [4.78, 5) is 64.6. The predicted molar refractivity (Wildman–Crippen MR) is 162 cm³/mol. The number of carboxylic acid groups (broad SMARTS) is 1. The highest BCUT2D eigenvalue weighted by molar-refractivity contribution is 5.95. The highest BCUT2D eigenvalue weighted by Crippen LogP contribution is 2.27. The predicted octanol–water partition coefficient (Wildman–Crippen LogP) is 0.560. The molecule has 4 amide bonds. The number of carbonyl (C=O) groups excluding carboxylic acids is 4. The topological polar surface area (TPSA) is 172 Å². The van der Waals surface area contributed by atoms with E-state index >= 15 is 0 Å². The molecule has 1 aliphatic carbocycles. The summed E-state index contributed by atoms with van der Waals surface area (Å²) in [6.45, 7) is 2.04. The normalized spacial score (nSPS) is 19.2. The summed E-state index contributed by atoms with van der Waals surface area (Å²) >= 11 is 0. The van der Waals surface area contributed by atoms with Gasteiger partial charge in [0.25, 0.3) is 18.3 Å². The Morgan fingerprint density at radius 2 is 1.96 bits per heavy atom. The second kappa shape index (κ2) is 16.0. The lowest BCUT2D eigenvalue weighted by molar-refractivity contribution is -0.137. The third-order valence-electron chi connectivity index (χ3n) is 8.22. The summed E-state index contributed by atoms with van der Waals surface area (Å²) in [6, 6.07) is 5.33. The number of hydrogen-bond acceptors (Lipinski definition) is 8. The molecule has 2 bridgehead atoms. The number of rotatable bonds is 4. The molecule has 2 aliphatic heterocycles. The second-order valence-electron chi connectivity index (χ2n) is 11.2. The van der Waals surface area contributed by atoms with Gasteiger partial charge in [-0.15, -0.1) is 0 Å². The van der Waals surface area contributed by atoms with Crippen molar-refractivity contribution in [2.75, 3.05) is 53.0 Å². The van der Waals surface area contributed by atoms with E-state index in [9.17, 15) is 19.2 Å². The van der Waals surface area contributed by atoms with Crippen LogP contribution in [-0.4, -0.2) is 114 Å². The molecule has 14 nitrogen and oxygen atoms in total. The van der Waals surface area contributed by atoms with E-state index in [0.717, 1.165) is 35.4 Å². The van der Waals surface area contributed by atoms with Crippen molar-refractivity contribution >= 4 is 30.1 Å². The lowest BCUT2D eigenvalue weighted by atomic mass is 9.91. The van der Waals surface area contributed by atoms with Crippen LogP contribution in [0.5, 0.6) is 5.75 Å². The van der Waals surface area contributed by atoms with Gasteiger partial charge < -0.3 is 35.0 Å². The van der Waals surface area contributed by atoms with Crippen LogP contribution in [0.4, 0.5) is 0 Å². The van der Waals surface area contributed by atoms with E-state index in [4.69, 9.17) is 19.4 Å². The molecule has 3 heterocycles. The summed E-state index contributed by atoms with van der Waals surface area (Å²) < 4.78 is 12.5. The van der Waals surface area contributed by atoms with Crippen molar-refractivity contribution in [3.8, 4) is 5.75 Å². The molecule has 2 aromatic rings. The summed E-state index contributed by atoms with van der Waals surface area (Å²) in [5, 5.41) is 17.4. The van der Waals surface area contributed by atoms with Crippen molar-refractivity contribution in [3.05, 3.63) is 46.3 Å². The summed E-state index contributed by atoms with van der Waals surface area (Å²) in [7, 11) is 3.39. The number of hydrogen-bond donors (Lipinski definition) is 3. The molecule has 1 atom stereocenters. The van der Waals surface area contributed by atoms with E-state index in [0.29, 0.717) is 76.3 Å². The van der Waals surface area contributed by atoms with Crippen LogP contribution in [0.25, 0.3) is 0 Å². The number of methoxy groups -OCH3 is 1. The van der Waals surface area contributed by atoms with Gasteiger partial charge in [-0.25, -0.2) is 0 Å². The molecule has 0 saturated heterocycles. The lowest BCUT2D eigenvalue weighted by Gasteiger charge is -2.27. The Morgan fingerprint density at radius 1 is 1.18 bits per heavy atom. The Kier molecular flexibility index (Phi) is 11.9. The molecule has 14 heteroatoms. The van der Waals surface area contributed by atoms with Gasteiger partial charge in [0.2, 0.25) is 11.8 Å². The Labute approximate surface area is 262 Å². The van der Waals surface area contributed by atoms with E-state index in [-0.39, 0.29) is 49.1 Å². The van der Waals surface area contributed by atoms with Gasteiger partial charge in [-0.1, -0.05) is 0 Å². The van der Waals surface area contributed by atoms with Crippen molar-refractivity contribution in [1.82, 2.24) is 30.2 Å². The molecule has 1 aromatic carbocycles. The molecular formula is C31H42N6O8. The third-order valence-corrected chi connectivity index (χ3v) is 8.22. The number of aromatic nitrogens is 2. The number of nitrogens with zero attached hydrogens (tertiary/aromatic N) is 4. The van der Waals surface area contributed by atoms with Gasteiger partial charge in [-0.05, 0) is 55.9 Å². The smallest absolute Gasteiger partial charge is 0.290 e. The number of nitrogens with one attached hydrogen (secondary N) is 2. The Bertz CT molecular complexity index is 1390. The molecule has 0 radical (unpaired) electrons. The molecule has 5 rings (SSSR count). The van der Waals surface area contributed by atoms with Gasteiger partial charge in [0.05, 0.1) is 19.8 Å². The monoisotopic (exact) mass is 626 g/mol. The van der Waals surface area contributed by atoms with E-state index in [2.05, 4.69) is 15.7 Å². The lowest BCUT2D eigenvalue weighted by Crippen LogP contribution is -2.47. The molecule has 3 aliphatic rings. The van der Waals surface area contributed by atoms with Crippen LogP contribution in [0.3, 0.4) is 0 Å². The fourth-order valence-corrected chi connectivity index (χ4v) is 5.99. The van der Waals surface area contributed by atoms with Crippen LogP contribution in [0.1, 0.15) is 63.4 Å². The largest absolute Gasteiger partial charge is 0.493 e. The highest BCUT2D eigenvalue weighted by atomic mass is 16.5. The fourth-order valence-electron chi connectivity index (χ4n) is 5.99. The number of aryl methyl sites for hydroxylation is 1. The maximum Gasteiger partial charge on any atom is 0.290 e. The van der Waals surface area contributed by atoms with E-state index < -0.39 is 0 Å². The van der Waals surface area contributed by atoms with Crippen molar-refractivity contribution in [2.45, 2.75) is 51.0 Å². The fraction of sp³-hybridized carbons (Fsp3) is 0.548. The SMILES string of the molecule is COCCN1CC(=O)NC2CCc3c(c(nn3C)C(=O)NCCCN(C(=O)c3ccc4c(c3)CCO4)CCCC1=O)C2.O=CO. The molecule has 1 unspecified atom stereocenters. The van der Waals surface area contributed by atoms with Crippen LogP contribution in [0.15, 0.2) is 18.2 Å². The third kappa shape index (κ3) is 8.59. The highest BCUT2D eigenvalue weighted by Gasteiger charge is 2.30. The van der Waals surface area contributed by atoms with Gasteiger partial charge in [0.15, 0.2) is 5.69 Å². The minimum absolute atomic E-state index is 0.0776. The van der Waals surface area contributed by atoms with Crippen molar-refractivity contribution in [1.29, 1.82) is 0 Å². The van der Waals surface area contributed by atoms with Crippen LogP contribution in [0.2, 0.25) is 0 Å². The number of amides is 4. The van der Waals surface area contributed by atoms with Crippen LogP contribution < -0.4 is 15.4 Å². The van der Waals surface area contributed by atoms with Gasteiger partial charge in [0, 0.05) is 76.0 Å². The molecule has 0 fully saturated rings. The Hall–Kier alpha value is -4.46. The minimum atomic E-state index is -0.257. The quantitative estimate of drug-likeness (QED) is 0.410. The van der Waals surface area contributed by atoms with Crippen LogP contribution >= 0.6 is 0 Å². The molecule has 0 saturated carbocycles. The van der Waals surface area contributed by atoms with Crippen molar-refractivity contribution in [2.24, 2.45) is 7.05 Å². The number of ether oxygens (including phenoxy) is 2. The van der Waals surface area contributed by atoms with Crippen LogP contribution in [0, 0.1) is 0 Å². The number of fused-ring (bicyclic) bond motifs is 2. The number of benzene rings is 1.